The van der Waals surface area contributed by atoms with Gasteiger partial charge < -0.3 is 10.8 Å². The summed E-state index contributed by atoms with van der Waals surface area (Å²) in [5.41, 5.74) is 7.87. The maximum absolute atomic E-state index is 9.86. The molecule has 2 rings (SSSR count). The van der Waals surface area contributed by atoms with Crippen LogP contribution in [0.5, 0.6) is 0 Å². The van der Waals surface area contributed by atoms with Crippen molar-refractivity contribution >= 4 is 22.6 Å². The van der Waals surface area contributed by atoms with Crippen LogP contribution < -0.4 is 5.73 Å². The molecule has 19 heavy (non-hydrogen) atoms. The van der Waals surface area contributed by atoms with E-state index in [4.69, 9.17) is 5.73 Å². The van der Waals surface area contributed by atoms with Gasteiger partial charge in [-0.3, -0.25) is 0 Å². The fraction of sp³-hybridized carbons (Fsp3) is 0.250. The molecule has 0 aromatic heterocycles. The fourth-order valence-corrected chi connectivity index (χ4v) is 2.65. The maximum atomic E-state index is 9.86. The van der Waals surface area contributed by atoms with Crippen molar-refractivity contribution in [3.05, 3.63) is 69.3 Å². The Morgan fingerprint density at radius 2 is 1.63 bits per heavy atom. The van der Waals surface area contributed by atoms with Gasteiger partial charge in [-0.25, -0.2) is 0 Å². The van der Waals surface area contributed by atoms with E-state index in [0.717, 1.165) is 12.0 Å². The molecule has 0 aliphatic heterocycles. The van der Waals surface area contributed by atoms with Crippen molar-refractivity contribution in [2.45, 2.75) is 11.8 Å². The first kappa shape index (κ1) is 14.5. The lowest BCUT2D eigenvalue weighted by Crippen LogP contribution is -2.41. The van der Waals surface area contributed by atoms with Crippen LogP contribution in [-0.2, 0) is 11.8 Å². The standard InChI is InChI=1S/C16H18INO/c17-15-8-6-13(7-9-15)10-16(11-18,12-19)14-4-2-1-3-5-14/h1-9,19H,10-12,18H2. The van der Waals surface area contributed by atoms with E-state index in [0.29, 0.717) is 6.54 Å². The second kappa shape index (κ2) is 6.50. The summed E-state index contributed by atoms with van der Waals surface area (Å²) in [6.07, 6.45) is 0.751. The normalized spacial score (nSPS) is 14.1. The van der Waals surface area contributed by atoms with Gasteiger partial charge in [-0.05, 0) is 52.3 Å². The third-order valence-corrected chi connectivity index (χ3v) is 4.25. The molecule has 0 heterocycles. The number of hydrogen-bond acceptors (Lipinski definition) is 2. The Hall–Kier alpha value is -0.910. The average molecular weight is 367 g/mol. The molecule has 0 fully saturated rings. The molecular formula is C16H18INO. The van der Waals surface area contributed by atoms with E-state index in [2.05, 4.69) is 46.9 Å². The second-order valence-corrected chi connectivity index (χ2v) is 6.06. The molecular weight excluding hydrogens is 349 g/mol. The molecule has 100 valence electrons. The van der Waals surface area contributed by atoms with Gasteiger partial charge in [-0.15, -0.1) is 0 Å². The molecule has 0 bridgehead atoms. The van der Waals surface area contributed by atoms with E-state index in [-0.39, 0.29) is 6.61 Å². The highest BCUT2D eigenvalue weighted by atomic mass is 127. The summed E-state index contributed by atoms with van der Waals surface area (Å²) >= 11 is 2.29. The third-order valence-electron chi connectivity index (χ3n) is 3.54. The van der Waals surface area contributed by atoms with Crippen LogP contribution in [0.15, 0.2) is 54.6 Å². The van der Waals surface area contributed by atoms with Crippen LogP contribution in [0, 0.1) is 3.57 Å². The average Bonchev–Trinajstić information content (AvgIpc) is 2.48. The lowest BCUT2D eigenvalue weighted by Gasteiger charge is -2.31. The van der Waals surface area contributed by atoms with Crippen molar-refractivity contribution in [1.29, 1.82) is 0 Å². The minimum Gasteiger partial charge on any atom is -0.395 e. The first-order chi connectivity index (χ1) is 9.20. The van der Waals surface area contributed by atoms with Crippen molar-refractivity contribution in [2.24, 2.45) is 5.73 Å². The van der Waals surface area contributed by atoms with E-state index >= 15 is 0 Å². The largest absolute Gasteiger partial charge is 0.395 e. The minimum absolute atomic E-state index is 0.0551. The summed E-state index contributed by atoms with van der Waals surface area (Å²) in [6.45, 7) is 0.485. The van der Waals surface area contributed by atoms with E-state index in [1.807, 2.05) is 30.3 Å². The van der Waals surface area contributed by atoms with Gasteiger partial charge in [0.05, 0.1) is 6.61 Å². The van der Waals surface area contributed by atoms with Gasteiger partial charge >= 0.3 is 0 Å². The lowest BCUT2D eigenvalue weighted by atomic mass is 9.76. The highest BCUT2D eigenvalue weighted by Gasteiger charge is 2.30. The van der Waals surface area contributed by atoms with E-state index in [1.54, 1.807) is 0 Å². The Balaban J connectivity index is 2.32. The van der Waals surface area contributed by atoms with Gasteiger partial charge in [0.2, 0.25) is 0 Å². The molecule has 0 saturated heterocycles. The van der Waals surface area contributed by atoms with Crippen LogP contribution in [0.3, 0.4) is 0 Å². The summed E-state index contributed by atoms with van der Waals surface area (Å²) in [5.74, 6) is 0. The molecule has 3 N–H and O–H groups in total. The third kappa shape index (κ3) is 3.35. The predicted octanol–water partition coefficient (Wildman–Crippen LogP) is 2.72. The predicted molar refractivity (Wildman–Crippen MR) is 87.1 cm³/mol. The molecule has 2 nitrogen and oxygen atoms in total. The number of halogens is 1. The van der Waals surface area contributed by atoms with Gasteiger partial charge in [0, 0.05) is 15.5 Å². The first-order valence-corrected chi connectivity index (χ1v) is 7.39. The van der Waals surface area contributed by atoms with Gasteiger partial charge in [0.15, 0.2) is 0 Å². The highest BCUT2D eigenvalue weighted by molar-refractivity contribution is 14.1. The number of benzene rings is 2. The monoisotopic (exact) mass is 367 g/mol. The summed E-state index contributed by atoms with van der Waals surface area (Å²) in [5, 5.41) is 9.86. The van der Waals surface area contributed by atoms with Crippen molar-refractivity contribution in [1.82, 2.24) is 0 Å². The van der Waals surface area contributed by atoms with Crippen LogP contribution in [-0.4, -0.2) is 18.3 Å². The molecule has 0 aliphatic rings. The molecule has 0 radical (unpaired) electrons. The number of rotatable bonds is 5. The zero-order chi connectivity index (χ0) is 13.7. The van der Waals surface area contributed by atoms with Crippen molar-refractivity contribution < 1.29 is 5.11 Å². The summed E-state index contributed by atoms with van der Waals surface area (Å²) in [4.78, 5) is 0. The Bertz CT molecular complexity index is 506. The molecule has 3 heteroatoms. The highest BCUT2D eigenvalue weighted by Crippen LogP contribution is 2.27. The van der Waals surface area contributed by atoms with Gasteiger partial charge in [-0.1, -0.05) is 42.5 Å². The second-order valence-electron chi connectivity index (χ2n) is 4.81. The smallest absolute Gasteiger partial charge is 0.0543 e. The number of nitrogens with two attached hydrogens (primary N) is 1. The Kier molecular flexibility index (Phi) is 4.96. The Labute approximate surface area is 127 Å². The van der Waals surface area contributed by atoms with Crippen LogP contribution in [0.4, 0.5) is 0 Å². The summed E-state index contributed by atoms with van der Waals surface area (Å²) in [7, 11) is 0. The zero-order valence-corrected chi connectivity index (χ0v) is 12.9. The molecule has 0 aliphatic carbocycles. The van der Waals surface area contributed by atoms with Gasteiger partial charge in [0.1, 0.15) is 0 Å². The summed E-state index contributed by atoms with van der Waals surface area (Å²) < 4.78 is 1.21. The fourth-order valence-electron chi connectivity index (χ4n) is 2.29. The molecule has 1 unspecified atom stereocenters. The SMILES string of the molecule is NCC(CO)(Cc1ccc(I)cc1)c1ccccc1. The van der Waals surface area contributed by atoms with Crippen molar-refractivity contribution in [2.75, 3.05) is 13.2 Å². The topological polar surface area (TPSA) is 46.2 Å². The molecule has 0 saturated carbocycles. The zero-order valence-electron chi connectivity index (χ0n) is 10.7. The Morgan fingerprint density at radius 3 is 2.16 bits per heavy atom. The molecule has 0 amide bonds. The van der Waals surface area contributed by atoms with E-state index in [9.17, 15) is 5.11 Å². The number of aliphatic hydroxyl groups excluding tert-OH is 1. The summed E-state index contributed by atoms with van der Waals surface area (Å²) in [6, 6.07) is 18.4. The van der Waals surface area contributed by atoms with Gasteiger partial charge in [0.25, 0.3) is 0 Å². The van der Waals surface area contributed by atoms with Crippen LogP contribution >= 0.6 is 22.6 Å². The van der Waals surface area contributed by atoms with Crippen molar-refractivity contribution in [3.8, 4) is 0 Å². The molecule has 0 spiro atoms. The first-order valence-electron chi connectivity index (χ1n) is 6.31. The van der Waals surface area contributed by atoms with Crippen LogP contribution in [0.1, 0.15) is 11.1 Å². The van der Waals surface area contributed by atoms with Crippen LogP contribution in [0.2, 0.25) is 0 Å². The number of hydrogen-bond donors (Lipinski definition) is 2. The van der Waals surface area contributed by atoms with Crippen LogP contribution in [0.25, 0.3) is 0 Å². The van der Waals surface area contributed by atoms with Crippen molar-refractivity contribution in [3.63, 3.8) is 0 Å². The van der Waals surface area contributed by atoms with E-state index < -0.39 is 5.41 Å². The molecule has 2 aromatic carbocycles. The van der Waals surface area contributed by atoms with E-state index in [1.165, 1.54) is 9.13 Å². The Morgan fingerprint density at radius 1 is 1.00 bits per heavy atom. The lowest BCUT2D eigenvalue weighted by molar-refractivity contribution is 0.196. The minimum atomic E-state index is -0.395. The molecule has 2 aromatic rings. The van der Waals surface area contributed by atoms with Gasteiger partial charge in [-0.2, -0.15) is 0 Å². The number of aliphatic hydroxyl groups is 1. The molecule has 1 atom stereocenters. The quantitative estimate of drug-likeness (QED) is 0.799. The maximum Gasteiger partial charge on any atom is 0.0543 e.